The van der Waals surface area contributed by atoms with Crippen LogP contribution in [-0.2, 0) is 0 Å². The number of nitrogen functional groups attached to an aromatic ring is 1. The molecule has 2 aromatic heterocycles. The molecule has 1 aromatic carbocycles. The molecule has 0 radical (unpaired) electrons. The molecule has 0 aliphatic heterocycles. The van der Waals surface area contributed by atoms with Gasteiger partial charge in [-0.15, -0.1) is 0 Å². The SMILES string of the molecule is COc1nc2nc(N)nc(OC)c2nc1C=Cc1ccccc1. The Kier molecular flexibility index (Phi) is 4.01. The number of nitrogens with two attached hydrogens (primary N) is 1. The van der Waals surface area contributed by atoms with Crippen molar-refractivity contribution in [1.82, 2.24) is 19.9 Å². The number of anilines is 1. The van der Waals surface area contributed by atoms with Crippen molar-refractivity contribution in [3.05, 3.63) is 41.6 Å². The summed E-state index contributed by atoms with van der Waals surface area (Å²) in [6.07, 6.45) is 3.74. The third-order valence-electron chi connectivity index (χ3n) is 3.13. The van der Waals surface area contributed by atoms with E-state index in [1.807, 2.05) is 42.5 Å². The molecule has 0 atom stereocenters. The van der Waals surface area contributed by atoms with Gasteiger partial charge in [-0.2, -0.15) is 15.0 Å². The van der Waals surface area contributed by atoms with Crippen LogP contribution in [0.5, 0.6) is 11.8 Å². The molecule has 0 aliphatic rings. The zero-order chi connectivity index (χ0) is 16.2. The fraction of sp³-hybridized carbons (Fsp3) is 0.125. The van der Waals surface area contributed by atoms with E-state index in [0.717, 1.165) is 5.56 Å². The quantitative estimate of drug-likeness (QED) is 0.789. The second kappa shape index (κ2) is 6.27. The van der Waals surface area contributed by atoms with Gasteiger partial charge in [-0.05, 0) is 11.6 Å². The van der Waals surface area contributed by atoms with E-state index in [1.165, 1.54) is 14.2 Å². The summed E-state index contributed by atoms with van der Waals surface area (Å²) in [5.41, 5.74) is 7.98. The second-order valence-electron chi connectivity index (χ2n) is 4.63. The summed E-state index contributed by atoms with van der Waals surface area (Å²) in [5.74, 6) is 0.695. The molecule has 3 aromatic rings. The van der Waals surface area contributed by atoms with Crippen LogP contribution in [0.1, 0.15) is 11.3 Å². The van der Waals surface area contributed by atoms with Crippen LogP contribution in [0, 0.1) is 0 Å². The molecule has 2 heterocycles. The molecule has 116 valence electrons. The molecule has 0 amide bonds. The first-order valence-electron chi connectivity index (χ1n) is 6.87. The first kappa shape index (κ1) is 14.7. The smallest absolute Gasteiger partial charge is 0.247 e. The van der Waals surface area contributed by atoms with Crippen molar-refractivity contribution in [3.63, 3.8) is 0 Å². The molecule has 7 nitrogen and oxygen atoms in total. The van der Waals surface area contributed by atoms with E-state index in [9.17, 15) is 0 Å². The third-order valence-corrected chi connectivity index (χ3v) is 3.13. The van der Waals surface area contributed by atoms with Crippen molar-refractivity contribution in [2.75, 3.05) is 20.0 Å². The second-order valence-corrected chi connectivity index (χ2v) is 4.63. The topological polar surface area (TPSA) is 96.0 Å². The predicted molar refractivity (Wildman–Crippen MR) is 88.0 cm³/mol. The number of benzene rings is 1. The van der Waals surface area contributed by atoms with Gasteiger partial charge in [0.2, 0.25) is 17.7 Å². The van der Waals surface area contributed by atoms with Crippen molar-refractivity contribution in [3.8, 4) is 11.8 Å². The van der Waals surface area contributed by atoms with Crippen LogP contribution in [0.4, 0.5) is 5.95 Å². The Balaban J connectivity index is 2.12. The van der Waals surface area contributed by atoms with Crippen LogP contribution in [0.3, 0.4) is 0 Å². The zero-order valence-corrected chi connectivity index (χ0v) is 12.7. The third kappa shape index (κ3) is 3.03. The van der Waals surface area contributed by atoms with Gasteiger partial charge in [0.05, 0.1) is 14.2 Å². The lowest BCUT2D eigenvalue weighted by Crippen LogP contribution is -2.04. The fourth-order valence-corrected chi connectivity index (χ4v) is 2.08. The molecule has 2 N–H and O–H groups in total. The van der Waals surface area contributed by atoms with Gasteiger partial charge in [-0.3, -0.25) is 0 Å². The number of hydrogen-bond acceptors (Lipinski definition) is 7. The number of rotatable bonds is 4. The molecular weight excluding hydrogens is 294 g/mol. The van der Waals surface area contributed by atoms with Crippen LogP contribution in [0.15, 0.2) is 30.3 Å². The number of hydrogen-bond donors (Lipinski definition) is 1. The van der Waals surface area contributed by atoms with E-state index in [2.05, 4.69) is 19.9 Å². The Bertz CT molecular complexity index is 865. The average Bonchev–Trinajstić information content (AvgIpc) is 2.59. The van der Waals surface area contributed by atoms with Gasteiger partial charge < -0.3 is 15.2 Å². The molecule has 0 spiro atoms. The predicted octanol–water partition coefficient (Wildman–Crippen LogP) is 2.19. The lowest BCUT2D eigenvalue weighted by Gasteiger charge is -2.07. The van der Waals surface area contributed by atoms with E-state index in [1.54, 1.807) is 0 Å². The molecule has 0 unspecified atom stereocenters. The van der Waals surface area contributed by atoms with Crippen LogP contribution >= 0.6 is 0 Å². The minimum Gasteiger partial charge on any atom is -0.479 e. The summed E-state index contributed by atoms with van der Waals surface area (Å²) < 4.78 is 10.5. The van der Waals surface area contributed by atoms with Gasteiger partial charge in [0.1, 0.15) is 5.69 Å². The Morgan fingerprint density at radius 2 is 1.61 bits per heavy atom. The molecule has 23 heavy (non-hydrogen) atoms. The van der Waals surface area contributed by atoms with Crippen molar-refractivity contribution in [2.45, 2.75) is 0 Å². The van der Waals surface area contributed by atoms with E-state index in [0.29, 0.717) is 22.7 Å². The summed E-state index contributed by atoms with van der Waals surface area (Å²) >= 11 is 0. The van der Waals surface area contributed by atoms with Crippen molar-refractivity contribution < 1.29 is 9.47 Å². The number of methoxy groups -OCH3 is 2. The number of nitrogens with zero attached hydrogens (tertiary/aromatic N) is 4. The highest BCUT2D eigenvalue weighted by molar-refractivity contribution is 5.80. The van der Waals surface area contributed by atoms with Gasteiger partial charge in [0.15, 0.2) is 11.2 Å². The standard InChI is InChI=1S/C16H15N5O2/c1-22-14-11(9-8-10-6-4-3-5-7-10)18-12-13(19-14)20-16(17)21-15(12)23-2/h3-9H,1-2H3,(H2,17,19,20,21). The molecule has 0 saturated heterocycles. The van der Waals surface area contributed by atoms with Gasteiger partial charge in [0.25, 0.3) is 0 Å². The summed E-state index contributed by atoms with van der Waals surface area (Å²) in [6.45, 7) is 0. The summed E-state index contributed by atoms with van der Waals surface area (Å²) in [6, 6.07) is 9.86. The summed E-state index contributed by atoms with van der Waals surface area (Å²) in [5, 5.41) is 0. The lowest BCUT2D eigenvalue weighted by molar-refractivity contribution is 0.393. The maximum Gasteiger partial charge on any atom is 0.247 e. The monoisotopic (exact) mass is 309 g/mol. The van der Waals surface area contributed by atoms with Crippen molar-refractivity contribution in [1.29, 1.82) is 0 Å². The molecule has 3 rings (SSSR count). The largest absolute Gasteiger partial charge is 0.479 e. The van der Waals surface area contributed by atoms with Crippen molar-refractivity contribution >= 4 is 29.3 Å². The van der Waals surface area contributed by atoms with Crippen LogP contribution < -0.4 is 15.2 Å². The zero-order valence-electron chi connectivity index (χ0n) is 12.7. The normalized spacial score (nSPS) is 11.0. The number of aromatic nitrogens is 4. The Labute approximate surface area is 132 Å². The Morgan fingerprint density at radius 3 is 2.30 bits per heavy atom. The Morgan fingerprint density at radius 1 is 0.870 bits per heavy atom. The van der Waals surface area contributed by atoms with E-state index in [4.69, 9.17) is 15.2 Å². The average molecular weight is 309 g/mol. The number of ether oxygens (including phenoxy) is 2. The van der Waals surface area contributed by atoms with Gasteiger partial charge in [0, 0.05) is 0 Å². The molecule has 0 fully saturated rings. The number of fused-ring (bicyclic) bond motifs is 1. The molecule has 7 heteroatoms. The minimum atomic E-state index is 0.0679. The van der Waals surface area contributed by atoms with Crippen LogP contribution in [0.2, 0.25) is 0 Å². The molecule has 0 aliphatic carbocycles. The Hall–Kier alpha value is -3.22. The maximum atomic E-state index is 5.64. The minimum absolute atomic E-state index is 0.0679. The fourth-order valence-electron chi connectivity index (χ4n) is 2.08. The highest BCUT2D eigenvalue weighted by Crippen LogP contribution is 2.25. The van der Waals surface area contributed by atoms with E-state index in [-0.39, 0.29) is 11.8 Å². The molecular formula is C16H15N5O2. The molecule has 0 bridgehead atoms. The summed E-state index contributed by atoms with van der Waals surface area (Å²) in [7, 11) is 3.02. The van der Waals surface area contributed by atoms with Gasteiger partial charge in [-0.25, -0.2) is 4.98 Å². The van der Waals surface area contributed by atoms with Gasteiger partial charge in [-0.1, -0.05) is 36.4 Å². The molecule has 0 saturated carbocycles. The van der Waals surface area contributed by atoms with Gasteiger partial charge >= 0.3 is 0 Å². The summed E-state index contributed by atoms with van der Waals surface area (Å²) in [4.78, 5) is 16.9. The van der Waals surface area contributed by atoms with E-state index >= 15 is 0 Å². The van der Waals surface area contributed by atoms with E-state index < -0.39 is 0 Å². The first-order valence-corrected chi connectivity index (χ1v) is 6.87. The van der Waals surface area contributed by atoms with Crippen LogP contribution in [-0.4, -0.2) is 34.2 Å². The van der Waals surface area contributed by atoms with Crippen LogP contribution in [0.25, 0.3) is 23.3 Å². The lowest BCUT2D eigenvalue weighted by atomic mass is 10.2. The first-order chi connectivity index (χ1) is 11.2. The maximum absolute atomic E-state index is 5.64. The highest BCUT2D eigenvalue weighted by atomic mass is 16.5. The van der Waals surface area contributed by atoms with Crippen molar-refractivity contribution in [2.24, 2.45) is 0 Å². The highest BCUT2D eigenvalue weighted by Gasteiger charge is 2.14.